The minimum atomic E-state index is -0.956. The normalized spacial score (nSPS) is 23.8. The first-order valence-corrected chi connectivity index (χ1v) is 12.2. The summed E-state index contributed by atoms with van der Waals surface area (Å²) in [6.45, 7) is 0.683. The van der Waals surface area contributed by atoms with Crippen LogP contribution in [0.5, 0.6) is 0 Å². The van der Waals surface area contributed by atoms with Crippen LogP contribution in [-0.2, 0) is 14.3 Å². The van der Waals surface area contributed by atoms with E-state index in [0.717, 1.165) is 24.0 Å². The van der Waals surface area contributed by atoms with E-state index in [1.807, 2.05) is 24.3 Å². The third-order valence-electron chi connectivity index (χ3n) is 7.55. The van der Waals surface area contributed by atoms with Crippen LogP contribution < -0.4 is 5.32 Å². The van der Waals surface area contributed by atoms with Crippen LogP contribution in [-0.4, -0.2) is 53.2 Å². The molecule has 2 fully saturated rings. The van der Waals surface area contributed by atoms with Crippen molar-refractivity contribution in [1.82, 2.24) is 10.2 Å². The SMILES string of the molecule is O=C(N[C@H]1CCCC[C@H]1C(=O)N1CCC[C@@H]1C(=O)O)OCC1c2ccccc2-c2ccccc21. The molecule has 0 radical (unpaired) electrons. The molecule has 3 aliphatic rings. The van der Waals surface area contributed by atoms with Crippen LogP contribution >= 0.6 is 0 Å². The van der Waals surface area contributed by atoms with Crippen LogP contribution in [0.25, 0.3) is 11.1 Å². The molecule has 2 aromatic rings. The highest BCUT2D eigenvalue weighted by Gasteiger charge is 2.41. The lowest BCUT2D eigenvalue weighted by molar-refractivity contribution is -0.150. The maximum Gasteiger partial charge on any atom is 0.407 e. The Morgan fingerprint density at radius 3 is 2.24 bits per heavy atom. The highest BCUT2D eigenvalue weighted by atomic mass is 16.5. The number of ether oxygens (including phenoxy) is 1. The minimum absolute atomic E-state index is 0.0251. The lowest BCUT2D eigenvalue weighted by atomic mass is 9.83. The van der Waals surface area contributed by atoms with Gasteiger partial charge in [-0.2, -0.15) is 0 Å². The number of amides is 2. The summed E-state index contributed by atoms with van der Waals surface area (Å²) in [6.07, 6.45) is 3.80. The zero-order valence-electron chi connectivity index (χ0n) is 19.1. The largest absolute Gasteiger partial charge is 0.480 e. The summed E-state index contributed by atoms with van der Waals surface area (Å²) in [7, 11) is 0. The van der Waals surface area contributed by atoms with Crippen molar-refractivity contribution >= 4 is 18.0 Å². The molecule has 0 aromatic heterocycles. The van der Waals surface area contributed by atoms with E-state index in [1.165, 1.54) is 16.0 Å². The molecule has 2 aromatic carbocycles. The van der Waals surface area contributed by atoms with Crippen LogP contribution in [0.1, 0.15) is 55.6 Å². The van der Waals surface area contributed by atoms with Gasteiger partial charge in [0.2, 0.25) is 5.91 Å². The summed E-state index contributed by atoms with van der Waals surface area (Å²) in [5, 5.41) is 12.4. The lowest BCUT2D eigenvalue weighted by Crippen LogP contribution is -2.51. The number of carboxylic acid groups (broad SMARTS) is 1. The van der Waals surface area contributed by atoms with E-state index in [1.54, 1.807) is 0 Å². The van der Waals surface area contributed by atoms with E-state index >= 15 is 0 Å². The van der Waals surface area contributed by atoms with Crippen molar-refractivity contribution in [2.24, 2.45) is 5.92 Å². The van der Waals surface area contributed by atoms with Crippen molar-refractivity contribution in [2.75, 3.05) is 13.2 Å². The van der Waals surface area contributed by atoms with Gasteiger partial charge in [-0.25, -0.2) is 9.59 Å². The highest BCUT2D eigenvalue weighted by molar-refractivity contribution is 5.86. The van der Waals surface area contributed by atoms with Gasteiger partial charge in [-0.15, -0.1) is 0 Å². The highest BCUT2D eigenvalue weighted by Crippen LogP contribution is 2.44. The molecule has 1 heterocycles. The van der Waals surface area contributed by atoms with E-state index in [0.29, 0.717) is 32.2 Å². The number of benzene rings is 2. The van der Waals surface area contributed by atoms with Crippen molar-refractivity contribution in [3.05, 3.63) is 59.7 Å². The molecule has 2 aliphatic carbocycles. The average Bonchev–Trinajstić information content (AvgIpc) is 3.46. The first-order valence-electron chi connectivity index (χ1n) is 12.2. The fourth-order valence-corrected chi connectivity index (χ4v) is 5.89. The fourth-order valence-electron chi connectivity index (χ4n) is 5.89. The number of carboxylic acids is 1. The molecular weight excluding hydrogens is 432 g/mol. The summed E-state index contributed by atoms with van der Waals surface area (Å²) < 4.78 is 5.69. The number of carbonyl (C=O) groups is 3. The molecule has 2 amide bonds. The number of aliphatic carboxylic acids is 1. The van der Waals surface area contributed by atoms with Gasteiger partial charge in [0.15, 0.2) is 0 Å². The van der Waals surface area contributed by atoms with E-state index in [-0.39, 0.29) is 24.5 Å². The van der Waals surface area contributed by atoms with E-state index in [2.05, 4.69) is 29.6 Å². The van der Waals surface area contributed by atoms with Crippen LogP contribution in [0.15, 0.2) is 48.5 Å². The van der Waals surface area contributed by atoms with Crippen molar-refractivity contribution in [3.8, 4) is 11.1 Å². The summed E-state index contributed by atoms with van der Waals surface area (Å²) in [5.74, 6) is -1.55. The third-order valence-corrected chi connectivity index (χ3v) is 7.55. The van der Waals surface area contributed by atoms with Crippen LogP contribution in [0.2, 0.25) is 0 Å². The second-order valence-electron chi connectivity index (χ2n) is 9.50. The maximum absolute atomic E-state index is 13.2. The smallest absolute Gasteiger partial charge is 0.407 e. The number of alkyl carbamates (subject to hydrolysis) is 1. The van der Waals surface area contributed by atoms with Crippen LogP contribution in [0.3, 0.4) is 0 Å². The van der Waals surface area contributed by atoms with Gasteiger partial charge in [0.05, 0.1) is 5.92 Å². The maximum atomic E-state index is 13.2. The van der Waals surface area contributed by atoms with Crippen molar-refractivity contribution in [3.63, 3.8) is 0 Å². The molecule has 34 heavy (non-hydrogen) atoms. The Morgan fingerprint density at radius 1 is 0.912 bits per heavy atom. The molecule has 0 spiro atoms. The van der Waals surface area contributed by atoms with Crippen LogP contribution in [0, 0.1) is 5.92 Å². The molecule has 7 nitrogen and oxygen atoms in total. The number of hydrogen-bond donors (Lipinski definition) is 2. The zero-order chi connectivity index (χ0) is 23.7. The van der Waals surface area contributed by atoms with Gasteiger partial charge in [-0.3, -0.25) is 4.79 Å². The van der Waals surface area contributed by atoms with E-state index < -0.39 is 24.0 Å². The van der Waals surface area contributed by atoms with Crippen LogP contribution in [0.4, 0.5) is 4.79 Å². The number of likely N-dealkylation sites (tertiary alicyclic amines) is 1. The predicted octanol–water partition coefficient (Wildman–Crippen LogP) is 4.16. The quantitative estimate of drug-likeness (QED) is 0.696. The summed E-state index contributed by atoms with van der Waals surface area (Å²) >= 11 is 0. The first kappa shape index (κ1) is 22.4. The van der Waals surface area contributed by atoms with Gasteiger partial charge in [0, 0.05) is 18.5 Å². The third kappa shape index (κ3) is 4.15. The molecule has 178 valence electrons. The van der Waals surface area contributed by atoms with Crippen molar-refractivity contribution < 1.29 is 24.2 Å². The molecule has 7 heteroatoms. The Morgan fingerprint density at radius 2 is 1.56 bits per heavy atom. The molecule has 0 bridgehead atoms. The fraction of sp³-hybridized carbons (Fsp3) is 0.444. The van der Waals surface area contributed by atoms with Crippen molar-refractivity contribution in [1.29, 1.82) is 0 Å². The number of nitrogens with one attached hydrogen (secondary N) is 1. The van der Waals surface area contributed by atoms with Gasteiger partial charge >= 0.3 is 12.1 Å². The number of hydrogen-bond acceptors (Lipinski definition) is 4. The van der Waals surface area contributed by atoms with Gasteiger partial charge in [0.25, 0.3) is 0 Å². The Hall–Kier alpha value is -3.35. The molecular formula is C27H30N2O5. The lowest BCUT2D eigenvalue weighted by Gasteiger charge is -2.34. The number of nitrogens with zero attached hydrogens (tertiary/aromatic N) is 1. The van der Waals surface area contributed by atoms with Crippen molar-refractivity contribution in [2.45, 2.75) is 56.5 Å². The molecule has 3 atom stereocenters. The molecule has 0 unspecified atom stereocenters. The first-order chi connectivity index (χ1) is 16.5. The Balaban J connectivity index is 1.24. The standard InChI is InChI=1S/C27H30N2O5/c30-25(29-15-7-14-24(29)26(31)32)21-12-5-6-13-23(21)28-27(33)34-16-22-19-10-3-1-8-17(19)18-9-2-4-11-20(18)22/h1-4,8-11,21-24H,5-7,12-16H2,(H,28,33)(H,31,32)/t21-,23+,24-/m1/s1. The zero-order valence-corrected chi connectivity index (χ0v) is 19.1. The monoisotopic (exact) mass is 462 g/mol. The molecule has 1 saturated heterocycles. The van der Waals surface area contributed by atoms with E-state index in [9.17, 15) is 19.5 Å². The summed E-state index contributed by atoms with van der Waals surface area (Å²) in [5.41, 5.74) is 4.64. The van der Waals surface area contributed by atoms with Gasteiger partial charge in [-0.05, 0) is 47.9 Å². The molecule has 5 rings (SSSR count). The summed E-state index contributed by atoms with van der Waals surface area (Å²) in [4.78, 5) is 39.1. The van der Waals surface area contributed by atoms with Gasteiger partial charge in [0.1, 0.15) is 12.6 Å². The van der Waals surface area contributed by atoms with E-state index in [4.69, 9.17) is 4.74 Å². The predicted molar refractivity (Wildman–Crippen MR) is 126 cm³/mol. The second kappa shape index (κ2) is 9.49. The topological polar surface area (TPSA) is 95.9 Å². The number of rotatable bonds is 5. The average molecular weight is 463 g/mol. The van der Waals surface area contributed by atoms with Gasteiger partial charge in [-0.1, -0.05) is 61.4 Å². The Labute approximate surface area is 199 Å². The minimum Gasteiger partial charge on any atom is -0.480 e. The molecule has 1 saturated carbocycles. The second-order valence-corrected chi connectivity index (χ2v) is 9.50. The molecule has 2 N–H and O–H groups in total. The number of carbonyl (C=O) groups excluding carboxylic acids is 2. The Kier molecular flexibility index (Phi) is 6.26. The summed E-state index contributed by atoms with van der Waals surface area (Å²) in [6, 6.07) is 15.3. The number of fused-ring (bicyclic) bond motifs is 3. The Bertz CT molecular complexity index is 1050. The molecule has 1 aliphatic heterocycles. The van der Waals surface area contributed by atoms with Gasteiger partial charge < -0.3 is 20.1 Å².